The van der Waals surface area contributed by atoms with Gasteiger partial charge in [-0.05, 0) is 23.6 Å². The first-order valence-electron chi connectivity index (χ1n) is 4.52. The third-order valence-corrected chi connectivity index (χ3v) is 2.40. The van der Waals surface area contributed by atoms with Crippen LogP contribution in [-0.2, 0) is 0 Å². The molecule has 65 valence electrons. The molecule has 1 aliphatic heterocycles. The fourth-order valence-electron chi connectivity index (χ4n) is 1.72. The summed E-state index contributed by atoms with van der Waals surface area (Å²) in [5.74, 6) is 0. The van der Waals surface area contributed by atoms with Gasteiger partial charge in [0.25, 0.3) is 5.36 Å². The zero-order chi connectivity index (χ0) is 9.38. The highest BCUT2D eigenvalue weighted by Gasteiger charge is 2.04. The van der Waals surface area contributed by atoms with E-state index in [0.29, 0.717) is 0 Å². The van der Waals surface area contributed by atoms with Gasteiger partial charge < -0.3 is 0 Å². The van der Waals surface area contributed by atoms with Gasteiger partial charge in [-0.15, -0.1) is 0 Å². The molecule has 2 heteroatoms. The first-order chi connectivity index (χ1) is 6.95. The number of allylic oxidation sites excluding steroid dienone is 1. The highest BCUT2D eigenvalue weighted by molar-refractivity contribution is 5.82. The molecule has 2 heterocycles. The second-order valence-electron chi connectivity index (χ2n) is 3.23. The van der Waals surface area contributed by atoms with Crippen LogP contribution < -0.4 is 15.6 Å². The van der Waals surface area contributed by atoms with Crippen LogP contribution >= 0.6 is 0 Å². The van der Waals surface area contributed by atoms with E-state index in [1.807, 2.05) is 36.8 Å². The smallest absolute Gasteiger partial charge is 0.264 e. The SMILES string of the molecule is C1=C[N+]=c2ccc3ccncc3c2=C1. The van der Waals surface area contributed by atoms with Crippen molar-refractivity contribution in [3.63, 3.8) is 0 Å². The van der Waals surface area contributed by atoms with Crippen molar-refractivity contribution in [2.75, 3.05) is 0 Å². The molecule has 1 aliphatic rings. The molecule has 0 saturated carbocycles. The molecule has 1 aromatic heterocycles. The van der Waals surface area contributed by atoms with E-state index in [2.05, 4.69) is 22.1 Å². The van der Waals surface area contributed by atoms with Crippen molar-refractivity contribution >= 4 is 16.8 Å². The quantitative estimate of drug-likeness (QED) is 0.580. The van der Waals surface area contributed by atoms with Crippen molar-refractivity contribution in [1.29, 1.82) is 0 Å². The molecule has 2 aromatic rings. The molecule has 0 bridgehead atoms. The summed E-state index contributed by atoms with van der Waals surface area (Å²) in [6.45, 7) is 0. The van der Waals surface area contributed by atoms with Gasteiger partial charge in [-0.1, -0.05) is 0 Å². The lowest BCUT2D eigenvalue weighted by Crippen LogP contribution is -2.30. The van der Waals surface area contributed by atoms with E-state index in [1.165, 1.54) is 5.39 Å². The van der Waals surface area contributed by atoms with Crippen molar-refractivity contribution in [3.8, 4) is 0 Å². The van der Waals surface area contributed by atoms with Crippen LogP contribution in [0.2, 0.25) is 0 Å². The molecule has 0 saturated heterocycles. The Morgan fingerprint density at radius 3 is 3.14 bits per heavy atom. The minimum absolute atomic E-state index is 1.02. The molecule has 0 amide bonds. The average Bonchev–Trinajstić information content (AvgIpc) is 2.29. The summed E-state index contributed by atoms with van der Waals surface area (Å²) >= 11 is 0. The number of aromatic nitrogens is 1. The predicted molar refractivity (Wildman–Crippen MR) is 55.8 cm³/mol. The Hall–Kier alpha value is -1.96. The van der Waals surface area contributed by atoms with Crippen LogP contribution in [0.15, 0.2) is 42.9 Å². The molecule has 0 N–H and O–H groups in total. The number of fused-ring (bicyclic) bond motifs is 3. The minimum Gasteiger partial charge on any atom is -0.264 e. The van der Waals surface area contributed by atoms with Gasteiger partial charge in [0, 0.05) is 29.9 Å². The van der Waals surface area contributed by atoms with Crippen LogP contribution in [0.5, 0.6) is 0 Å². The van der Waals surface area contributed by atoms with Crippen LogP contribution in [0.4, 0.5) is 0 Å². The van der Waals surface area contributed by atoms with Gasteiger partial charge in [0.05, 0.1) is 10.2 Å². The van der Waals surface area contributed by atoms with Crippen molar-refractivity contribution in [1.82, 2.24) is 9.98 Å². The largest absolute Gasteiger partial charge is 0.285 e. The minimum atomic E-state index is 1.02. The van der Waals surface area contributed by atoms with Crippen molar-refractivity contribution in [2.45, 2.75) is 0 Å². The van der Waals surface area contributed by atoms with Crippen LogP contribution in [0.3, 0.4) is 0 Å². The average molecular weight is 180 g/mol. The molecule has 0 spiro atoms. The molecule has 0 fully saturated rings. The standard InChI is InChI=1S/C12H8N2/c1-2-10-11-8-13-7-5-9(11)3-4-12(10)14-6-1/h1-8H/q+1. The van der Waals surface area contributed by atoms with Gasteiger partial charge in [0.2, 0.25) is 6.20 Å². The second-order valence-corrected chi connectivity index (χ2v) is 3.23. The molecular formula is C12H8N2+. The van der Waals surface area contributed by atoms with Gasteiger partial charge in [-0.2, -0.15) is 0 Å². The highest BCUT2D eigenvalue weighted by Crippen LogP contribution is 2.04. The van der Waals surface area contributed by atoms with E-state index in [9.17, 15) is 0 Å². The number of rotatable bonds is 0. The topological polar surface area (TPSA) is 27.0 Å². The summed E-state index contributed by atoms with van der Waals surface area (Å²) < 4.78 is 0. The van der Waals surface area contributed by atoms with E-state index < -0.39 is 0 Å². The third kappa shape index (κ3) is 0.973. The zero-order valence-corrected chi connectivity index (χ0v) is 7.51. The van der Waals surface area contributed by atoms with Crippen molar-refractivity contribution in [2.24, 2.45) is 0 Å². The Kier molecular flexibility index (Phi) is 1.47. The van der Waals surface area contributed by atoms with Gasteiger partial charge >= 0.3 is 0 Å². The molecule has 14 heavy (non-hydrogen) atoms. The van der Waals surface area contributed by atoms with Gasteiger partial charge in [-0.25, -0.2) is 0 Å². The van der Waals surface area contributed by atoms with E-state index in [4.69, 9.17) is 0 Å². The van der Waals surface area contributed by atoms with Crippen LogP contribution in [0.1, 0.15) is 0 Å². The monoisotopic (exact) mass is 180 g/mol. The Balaban J connectivity index is 2.63. The first kappa shape index (κ1) is 7.44. The second kappa shape index (κ2) is 2.77. The fraction of sp³-hybridized carbons (Fsp3) is 0. The molecule has 3 rings (SSSR count). The van der Waals surface area contributed by atoms with Crippen LogP contribution in [0.25, 0.3) is 16.8 Å². The maximum absolute atomic E-state index is 4.30. The maximum atomic E-state index is 4.30. The number of nitrogens with zero attached hydrogens (tertiary/aromatic N) is 2. The Morgan fingerprint density at radius 1 is 1.14 bits per heavy atom. The van der Waals surface area contributed by atoms with Gasteiger partial charge in [0.15, 0.2) is 0 Å². The summed E-state index contributed by atoms with van der Waals surface area (Å²) in [4.78, 5) is 8.44. The predicted octanol–water partition coefficient (Wildman–Crippen LogP) is 0.498. The summed E-state index contributed by atoms with van der Waals surface area (Å²) in [5.41, 5.74) is 0. The van der Waals surface area contributed by atoms with Gasteiger partial charge in [-0.3, -0.25) is 4.98 Å². The van der Waals surface area contributed by atoms with Gasteiger partial charge in [0.1, 0.15) is 0 Å². The number of hydrogen-bond acceptors (Lipinski definition) is 2. The molecule has 2 nitrogen and oxygen atoms in total. The highest BCUT2D eigenvalue weighted by atomic mass is 14.7. The summed E-state index contributed by atoms with van der Waals surface area (Å²) in [5, 5.41) is 4.56. The van der Waals surface area contributed by atoms with E-state index >= 15 is 0 Å². The lowest BCUT2D eigenvalue weighted by atomic mass is 10.1. The van der Waals surface area contributed by atoms with E-state index in [-0.39, 0.29) is 0 Å². The van der Waals surface area contributed by atoms with Crippen molar-refractivity contribution in [3.05, 3.63) is 53.4 Å². The lowest BCUT2D eigenvalue weighted by Gasteiger charge is -1.94. The Labute approximate surface area is 80.9 Å². The van der Waals surface area contributed by atoms with Crippen LogP contribution in [-0.4, -0.2) is 4.98 Å². The maximum Gasteiger partial charge on any atom is 0.285 e. The Morgan fingerprint density at radius 2 is 2.14 bits per heavy atom. The number of pyridine rings is 1. The molecule has 0 atom stereocenters. The summed E-state index contributed by atoms with van der Waals surface area (Å²) in [6, 6.07) is 6.13. The molecular weight excluding hydrogens is 172 g/mol. The summed E-state index contributed by atoms with van der Waals surface area (Å²) in [7, 11) is 0. The van der Waals surface area contributed by atoms with E-state index in [0.717, 1.165) is 16.0 Å². The number of benzene rings is 1. The third-order valence-electron chi connectivity index (χ3n) is 2.40. The number of hydrogen-bond donors (Lipinski definition) is 0. The normalized spacial score (nSPS) is 13.1. The molecule has 1 aromatic carbocycles. The Bertz CT molecular complexity index is 639. The zero-order valence-electron chi connectivity index (χ0n) is 7.51. The molecule has 0 aliphatic carbocycles. The molecule has 0 unspecified atom stereocenters. The van der Waals surface area contributed by atoms with E-state index in [1.54, 1.807) is 0 Å². The lowest BCUT2D eigenvalue weighted by molar-refractivity contribution is 1.18. The summed E-state index contributed by atoms with van der Waals surface area (Å²) in [6.07, 6.45) is 9.54. The van der Waals surface area contributed by atoms with Crippen molar-refractivity contribution < 1.29 is 0 Å². The molecule has 1 radical (unpaired) electrons. The van der Waals surface area contributed by atoms with Crippen LogP contribution in [0, 0.1) is 0 Å². The first-order valence-corrected chi connectivity index (χ1v) is 4.52. The fourth-order valence-corrected chi connectivity index (χ4v) is 1.72.